The summed E-state index contributed by atoms with van der Waals surface area (Å²) < 4.78 is 0. The smallest absolute Gasteiger partial charge is 0.0638 e. The van der Waals surface area contributed by atoms with Gasteiger partial charge in [0.2, 0.25) is 0 Å². The Labute approximate surface area is 117 Å². The van der Waals surface area contributed by atoms with E-state index in [-0.39, 0.29) is 0 Å². The van der Waals surface area contributed by atoms with Crippen molar-refractivity contribution in [1.29, 1.82) is 0 Å². The fraction of sp³-hybridized carbons (Fsp3) is 0.308. The van der Waals surface area contributed by atoms with Crippen molar-refractivity contribution < 1.29 is 0 Å². The van der Waals surface area contributed by atoms with E-state index in [1.165, 1.54) is 5.56 Å². The van der Waals surface area contributed by atoms with Crippen molar-refractivity contribution in [3.05, 3.63) is 50.8 Å². The number of halogens is 2. The van der Waals surface area contributed by atoms with E-state index in [1.54, 1.807) is 6.07 Å². The maximum absolute atomic E-state index is 6.10. The molecule has 0 aliphatic heterocycles. The number of hydrogen-bond acceptors (Lipinski definition) is 2. The minimum atomic E-state index is 0.684. The maximum atomic E-state index is 6.10. The summed E-state index contributed by atoms with van der Waals surface area (Å²) in [7, 11) is 0. The van der Waals surface area contributed by atoms with Crippen LogP contribution in [0.15, 0.2) is 18.2 Å². The molecule has 0 saturated carbocycles. The molecular weight excluding hydrogens is 269 g/mol. The van der Waals surface area contributed by atoms with E-state index in [9.17, 15) is 0 Å². The number of rotatable bonds is 4. The first kappa shape index (κ1) is 13.4. The Bertz CT molecular complexity index is 530. The van der Waals surface area contributed by atoms with Gasteiger partial charge in [-0.25, -0.2) is 0 Å². The van der Waals surface area contributed by atoms with E-state index >= 15 is 0 Å². The maximum Gasteiger partial charge on any atom is 0.0638 e. The molecule has 0 spiro atoms. The van der Waals surface area contributed by atoms with Crippen LogP contribution in [-0.2, 0) is 13.1 Å². The summed E-state index contributed by atoms with van der Waals surface area (Å²) in [4.78, 5) is 0. The minimum absolute atomic E-state index is 0.684. The molecular formula is C13H15Cl2N3. The van der Waals surface area contributed by atoms with Gasteiger partial charge >= 0.3 is 0 Å². The molecule has 2 rings (SSSR count). The summed E-state index contributed by atoms with van der Waals surface area (Å²) in [5.74, 6) is 0. The molecule has 0 aliphatic rings. The van der Waals surface area contributed by atoms with Gasteiger partial charge in [0.25, 0.3) is 0 Å². The third-order valence-corrected chi connectivity index (χ3v) is 3.51. The summed E-state index contributed by atoms with van der Waals surface area (Å²) in [5.41, 5.74) is 4.32. The van der Waals surface area contributed by atoms with Crippen LogP contribution in [0.4, 0.5) is 0 Å². The third kappa shape index (κ3) is 3.05. The van der Waals surface area contributed by atoms with Crippen LogP contribution in [0.3, 0.4) is 0 Å². The second kappa shape index (κ2) is 5.74. The second-order valence-corrected chi connectivity index (χ2v) is 5.10. The lowest BCUT2D eigenvalue weighted by Gasteiger charge is -2.07. The molecule has 0 radical (unpaired) electrons. The quantitative estimate of drug-likeness (QED) is 0.900. The summed E-state index contributed by atoms with van der Waals surface area (Å²) in [5, 5.41) is 11.9. The molecule has 0 aliphatic carbocycles. The van der Waals surface area contributed by atoms with E-state index in [2.05, 4.69) is 15.5 Å². The molecule has 0 bridgehead atoms. The number of H-pyrrole nitrogens is 1. The Morgan fingerprint density at radius 3 is 2.67 bits per heavy atom. The topological polar surface area (TPSA) is 40.7 Å². The van der Waals surface area contributed by atoms with Crippen molar-refractivity contribution in [1.82, 2.24) is 15.5 Å². The predicted octanol–water partition coefficient (Wildman–Crippen LogP) is 3.62. The molecule has 0 unspecified atom stereocenters. The highest BCUT2D eigenvalue weighted by molar-refractivity contribution is 6.33. The summed E-state index contributed by atoms with van der Waals surface area (Å²) in [6.07, 6.45) is 0. The van der Waals surface area contributed by atoms with Gasteiger partial charge in [-0.3, -0.25) is 5.10 Å². The molecule has 0 atom stereocenters. The Morgan fingerprint density at radius 1 is 1.22 bits per heavy atom. The highest BCUT2D eigenvalue weighted by atomic mass is 35.5. The van der Waals surface area contributed by atoms with Crippen LogP contribution < -0.4 is 5.32 Å². The standard InChI is InChI=1S/C13H15Cl2N3/c1-8-12(9(2)18-17-8)7-16-6-10-5-11(14)3-4-13(10)15/h3-5,16H,6-7H2,1-2H3,(H,17,18). The molecule has 0 amide bonds. The molecule has 3 nitrogen and oxygen atoms in total. The van der Waals surface area contributed by atoms with Gasteiger partial charge < -0.3 is 5.32 Å². The lowest BCUT2D eigenvalue weighted by Crippen LogP contribution is -2.14. The number of benzene rings is 1. The van der Waals surface area contributed by atoms with Gasteiger partial charge in [-0.2, -0.15) is 5.10 Å². The molecule has 18 heavy (non-hydrogen) atoms. The average Bonchev–Trinajstić information content (AvgIpc) is 2.65. The monoisotopic (exact) mass is 283 g/mol. The van der Waals surface area contributed by atoms with Crippen LogP contribution in [0, 0.1) is 13.8 Å². The van der Waals surface area contributed by atoms with Crippen LogP contribution in [0.1, 0.15) is 22.5 Å². The molecule has 96 valence electrons. The molecule has 2 N–H and O–H groups in total. The fourth-order valence-corrected chi connectivity index (χ4v) is 2.21. The highest BCUT2D eigenvalue weighted by Gasteiger charge is 2.06. The van der Waals surface area contributed by atoms with Crippen LogP contribution in [0.25, 0.3) is 0 Å². The van der Waals surface area contributed by atoms with Crippen LogP contribution in [-0.4, -0.2) is 10.2 Å². The Kier molecular flexibility index (Phi) is 4.27. The molecule has 0 saturated heterocycles. The normalized spacial score (nSPS) is 10.9. The van der Waals surface area contributed by atoms with Crippen molar-refractivity contribution in [3.8, 4) is 0 Å². The van der Waals surface area contributed by atoms with Crippen molar-refractivity contribution in [2.45, 2.75) is 26.9 Å². The molecule has 1 aromatic heterocycles. The predicted molar refractivity (Wildman–Crippen MR) is 75.1 cm³/mol. The van der Waals surface area contributed by atoms with Gasteiger partial charge in [-0.05, 0) is 37.6 Å². The minimum Gasteiger partial charge on any atom is -0.308 e. The van der Waals surface area contributed by atoms with Crippen molar-refractivity contribution >= 4 is 23.2 Å². The zero-order valence-corrected chi connectivity index (χ0v) is 11.9. The average molecular weight is 284 g/mol. The van der Waals surface area contributed by atoms with Crippen LogP contribution in [0.2, 0.25) is 10.0 Å². The molecule has 0 fully saturated rings. The van der Waals surface area contributed by atoms with E-state index in [1.807, 2.05) is 26.0 Å². The number of hydrogen-bond donors (Lipinski definition) is 2. The lowest BCUT2D eigenvalue weighted by atomic mass is 10.2. The largest absolute Gasteiger partial charge is 0.308 e. The van der Waals surface area contributed by atoms with E-state index in [0.29, 0.717) is 11.6 Å². The second-order valence-electron chi connectivity index (χ2n) is 4.25. The Hall–Kier alpha value is -1.03. The van der Waals surface area contributed by atoms with E-state index in [4.69, 9.17) is 23.2 Å². The number of aromatic nitrogens is 2. The first-order valence-corrected chi connectivity index (χ1v) is 6.48. The summed E-state index contributed by atoms with van der Waals surface area (Å²) in [6.45, 7) is 5.46. The Morgan fingerprint density at radius 2 is 2.00 bits per heavy atom. The third-order valence-electron chi connectivity index (χ3n) is 2.91. The molecule has 1 aromatic carbocycles. The summed E-state index contributed by atoms with van der Waals surface area (Å²) in [6, 6.07) is 5.49. The van der Waals surface area contributed by atoms with Gasteiger partial charge in [0, 0.05) is 34.4 Å². The lowest BCUT2D eigenvalue weighted by molar-refractivity contribution is 0.688. The first-order chi connectivity index (χ1) is 8.58. The SMILES string of the molecule is Cc1n[nH]c(C)c1CNCc1cc(Cl)ccc1Cl. The number of aryl methyl sites for hydroxylation is 2. The first-order valence-electron chi connectivity index (χ1n) is 5.73. The van der Waals surface area contributed by atoms with Gasteiger partial charge in [0.05, 0.1) is 5.69 Å². The highest BCUT2D eigenvalue weighted by Crippen LogP contribution is 2.20. The molecule has 1 heterocycles. The van der Waals surface area contributed by atoms with Gasteiger partial charge in [-0.1, -0.05) is 23.2 Å². The number of nitrogens with one attached hydrogen (secondary N) is 2. The van der Waals surface area contributed by atoms with Crippen molar-refractivity contribution in [3.63, 3.8) is 0 Å². The fourth-order valence-electron chi connectivity index (χ4n) is 1.84. The Balaban J connectivity index is 1.98. The number of aromatic amines is 1. The van der Waals surface area contributed by atoms with Crippen molar-refractivity contribution in [2.75, 3.05) is 0 Å². The van der Waals surface area contributed by atoms with Crippen LogP contribution in [0.5, 0.6) is 0 Å². The zero-order valence-electron chi connectivity index (χ0n) is 10.3. The van der Waals surface area contributed by atoms with Crippen molar-refractivity contribution in [2.24, 2.45) is 0 Å². The van der Waals surface area contributed by atoms with Gasteiger partial charge in [0.1, 0.15) is 0 Å². The van der Waals surface area contributed by atoms with Gasteiger partial charge in [0.15, 0.2) is 0 Å². The zero-order chi connectivity index (χ0) is 13.1. The van der Waals surface area contributed by atoms with E-state index < -0.39 is 0 Å². The number of nitrogens with zero attached hydrogens (tertiary/aromatic N) is 1. The molecule has 5 heteroatoms. The van der Waals surface area contributed by atoms with Crippen LogP contribution >= 0.6 is 23.2 Å². The summed E-state index contributed by atoms with van der Waals surface area (Å²) >= 11 is 12.0. The van der Waals surface area contributed by atoms with Gasteiger partial charge in [-0.15, -0.1) is 0 Å². The molecule has 2 aromatic rings. The van der Waals surface area contributed by atoms with E-state index in [0.717, 1.165) is 28.5 Å².